The number of anilines is 1. The minimum Gasteiger partial charge on any atom is -0.478 e. The minimum atomic E-state index is -0.932. The van der Waals surface area contributed by atoms with E-state index in [0.29, 0.717) is 6.42 Å². The molecule has 8 rings (SSSR count). The summed E-state index contributed by atoms with van der Waals surface area (Å²) in [6.45, 7) is 4.20. The quantitative estimate of drug-likeness (QED) is 0.239. The highest BCUT2D eigenvalue weighted by Gasteiger charge is 2.19. The molecule has 0 aliphatic carbocycles. The lowest BCUT2D eigenvalue weighted by Crippen LogP contribution is -2.44. The highest BCUT2D eigenvalue weighted by Crippen LogP contribution is 2.34. The molecule has 2 aromatic heterocycles. The fourth-order valence-electron chi connectivity index (χ4n) is 5.99. The summed E-state index contributed by atoms with van der Waals surface area (Å²) in [5.41, 5.74) is 11.2. The number of aliphatic imine (C=N–C) groups is 1. The predicted octanol–water partition coefficient (Wildman–Crippen LogP) is 5.90. The molecule has 4 heterocycles. The van der Waals surface area contributed by atoms with Crippen LogP contribution in [0.5, 0.6) is 0 Å². The Labute approximate surface area is 247 Å². The van der Waals surface area contributed by atoms with E-state index < -0.39 is 5.97 Å². The summed E-state index contributed by atoms with van der Waals surface area (Å²) in [5, 5.41) is 9.19. The molecule has 0 bridgehead atoms. The Bertz CT molecular complexity index is 2060. The van der Waals surface area contributed by atoms with Crippen molar-refractivity contribution in [3.8, 4) is 22.8 Å². The molecular formula is C34H29N7O2. The third-order valence-corrected chi connectivity index (χ3v) is 8.53. The molecule has 0 spiro atoms. The number of nitrogens with zero attached hydrogens (tertiary/aromatic N) is 5. The van der Waals surface area contributed by atoms with Crippen molar-refractivity contribution in [1.82, 2.24) is 24.8 Å². The van der Waals surface area contributed by atoms with E-state index in [1.807, 2.05) is 18.2 Å². The van der Waals surface area contributed by atoms with Crippen molar-refractivity contribution in [1.29, 1.82) is 0 Å². The van der Waals surface area contributed by atoms with E-state index in [1.54, 1.807) is 12.1 Å². The SMILES string of the molecule is CN1CCN(c2ccc3nc(-c4ccc5nc(-c6ccc7c(c6)N=C(c6ccc(C(=O)O)cc6)C7)[nH]c5c4)[nH]c3c2)CC1. The van der Waals surface area contributed by atoms with Crippen molar-refractivity contribution < 1.29 is 9.90 Å². The Morgan fingerprint density at radius 1 is 0.744 bits per heavy atom. The van der Waals surface area contributed by atoms with Crippen LogP contribution < -0.4 is 4.90 Å². The minimum absolute atomic E-state index is 0.269. The molecule has 9 heteroatoms. The van der Waals surface area contributed by atoms with Crippen molar-refractivity contribution in [2.24, 2.45) is 4.99 Å². The summed E-state index contributed by atoms with van der Waals surface area (Å²) in [6, 6.07) is 25.7. The lowest BCUT2D eigenvalue weighted by Gasteiger charge is -2.34. The Morgan fingerprint density at radius 2 is 1.37 bits per heavy atom. The van der Waals surface area contributed by atoms with E-state index in [4.69, 9.17) is 15.0 Å². The molecule has 3 N–H and O–H groups in total. The number of aromatic carboxylic acids is 1. The van der Waals surface area contributed by atoms with E-state index >= 15 is 0 Å². The number of rotatable bonds is 5. The van der Waals surface area contributed by atoms with Crippen molar-refractivity contribution in [2.45, 2.75) is 6.42 Å². The van der Waals surface area contributed by atoms with Gasteiger partial charge in [0.2, 0.25) is 0 Å². The molecular weight excluding hydrogens is 538 g/mol. The van der Waals surface area contributed by atoms with Gasteiger partial charge < -0.3 is 24.9 Å². The van der Waals surface area contributed by atoms with E-state index in [2.05, 4.69) is 75.3 Å². The molecule has 6 aromatic rings. The van der Waals surface area contributed by atoms with E-state index in [9.17, 15) is 9.90 Å². The lowest BCUT2D eigenvalue weighted by molar-refractivity contribution is 0.0697. The summed E-state index contributed by atoms with van der Waals surface area (Å²) in [4.78, 5) is 37.6. The van der Waals surface area contributed by atoms with E-state index in [-0.39, 0.29) is 5.56 Å². The predicted molar refractivity (Wildman–Crippen MR) is 170 cm³/mol. The largest absolute Gasteiger partial charge is 0.478 e. The maximum absolute atomic E-state index is 11.2. The summed E-state index contributed by atoms with van der Waals surface area (Å²) in [6.07, 6.45) is 0.708. The molecule has 2 aliphatic rings. The van der Waals surface area contributed by atoms with Crippen LogP contribution in [0.2, 0.25) is 0 Å². The normalized spacial score (nSPS) is 15.3. The van der Waals surface area contributed by atoms with Crippen LogP contribution in [-0.4, -0.2) is 74.9 Å². The molecule has 212 valence electrons. The summed E-state index contributed by atoms with van der Waals surface area (Å²) >= 11 is 0. The zero-order valence-electron chi connectivity index (χ0n) is 23.6. The number of piperazine rings is 1. The average molecular weight is 568 g/mol. The molecule has 9 nitrogen and oxygen atoms in total. The van der Waals surface area contributed by atoms with Crippen LogP contribution in [0.3, 0.4) is 0 Å². The standard InChI is InChI=1S/C34H29N7O2/c1-40-12-14-41(15-13-40)25-9-11-27-31(19-25)39-33(37-27)24-8-10-26-30(18-24)38-32(36-26)23-7-6-22-16-28(35-29(22)17-23)20-2-4-21(5-3-20)34(42)43/h2-11,17-19H,12-16H2,1H3,(H,36,38)(H,37,39)(H,42,43). The molecule has 0 amide bonds. The maximum Gasteiger partial charge on any atom is 0.335 e. The van der Waals surface area contributed by atoms with Crippen LogP contribution in [0.25, 0.3) is 44.8 Å². The van der Waals surface area contributed by atoms with Gasteiger partial charge in [-0.3, -0.25) is 4.99 Å². The number of likely N-dealkylation sites (N-methyl/N-ethyl adjacent to an activating group) is 1. The van der Waals surface area contributed by atoms with Gasteiger partial charge >= 0.3 is 5.97 Å². The monoisotopic (exact) mass is 567 g/mol. The zero-order chi connectivity index (χ0) is 29.1. The van der Waals surface area contributed by atoms with Gasteiger partial charge in [0.1, 0.15) is 11.6 Å². The molecule has 1 fully saturated rings. The maximum atomic E-state index is 11.2. The van der Waals surface area contributed by atoms with Gasteiger partial charge in [0.05, 0.1) is 39.0 Å². The first-order valence-electron chi connectivity index (χ1n) is 14.4. The fourth-order valence-corrected chi connectivity index (χ4v) is 5.99. The molecule has 0 saturated carbocycles. The van der Waals surface area contributed by atoms with Gasteiger partial charge in [0.25, 0.3) is 0 Å². The summed E-state index contributed by atoms with van der Waals surface area (Å²) in [7, 11) is 2.17. The fraction of sp³-hybridized carbons (Fsp3) is 0.176. The number of fused-ring (bicyclic) bond motifs is 3. The Morgan fingerprint density at radius 3 is 2.09 bits per heavy atom. The second-order valence-corrected chi connectivity index (χ2v) is 11.4. The molecule has 0 radical (unpaired) electrons. The van der Waals surface area contributed by atoms with Crippen LogP contribution in [0, 0.1) is 0 Å². The molecule has 43 heavy (non-hydrogen) atoms. The Hall–Kier alpha value is -5.28. The molecule has 2 aliphatic heterocycles. The topological polar surface area (TPSA) is 114 Å². The van der Waals surface area contributed by atoms with Gasteiger partial charge in [-0.05, 0) is 72.8 Å². The zero-order valence-corrected chi connectivity index (χ0v) is 23.6. The van der Waals surface area contributed by atoms with Crippen LogP contribution in [0.1, 0.15) is 21.5 Å². The Kier molecular flexibility index (Phi) is 5.87. The van der Waals surface area contributed by atoms with Gasteiger partial charge in [-0.1, -0.05) is 24.3 Å². The number of carbonyl (C=O) groups is 1. The number of carboxylic acid groups (broad SMARTS) is 1. The van der Waals surface area contributed by atoms with Gasteiger partial charge in [0, 0.05) is 49.4 Å². The number of hydrogen-bond acceptors (Lipinski definition) is 6. The smallest absolute Gasteiger partial charge is 0.335 e. The number of aromatic nitrogens is 4. The second kappa shape index (κ2) is 9.92. The van der Waals surface area contributed by atoms with Gasteiger partial charge in [-0.25, -0.2) is 14.8 Å². The molecule has 1 saturated heterocycles. The number of hydrogen-bond donors (Lipinski definition) is 3. The average Bonchev–Trinajstić information content (AvgIpc) is 3.77. The highest BCUT2D eigenvalue weighted by atomic mass is 16.4. The first kappa shape index (κ1) is 25.4. The number of imidazole rings is 2. The first-order chi connectivity index (χ1) is 21.0. The van der Waals surface area contributed by atoms with E-state index in [0.717, 1.165) is 93.5 Å². The molecule has 4 aromatic carbocycles. The van der Waals surface area contributed by atoms with Crippen LogP contribution in [-0.2, 0) is 6.42 Å². The third kappa shape index (κ3) is 4.64. The second-order valence-electron chi connectivity index (χ2n) is 11.4. The number of nitrogens with one attached hydrogen (secondary N) is 2. The van der Waals surface area contributed by atoms with Crippen LogP contribution in [0.15, 0.2) is 83.9 Å². The van der Waals surface area contributed by atoms with Gasteiger partial charge in [-0.15, -0.1) is 0 Å². The Balaban J connectivity index is 1.06. The van der Waals surface area contributed by atoms with Crippen molar-refractivity contribution in [2.75, 3.05) is 38.1 Å². The molecule has 0 atom stereocenters. The number of H-pyrrole nitrogens is 2. The van der Waals surface area contributed by atoms with Crippen molar-refractivity contribution in [3.05, 3.63) is 95.6 Å². The summed E-state index contributed by atoms with van der Waals surface area (Å²) in [5.74, 6) is 0.684. The highest BCUT2D eigenvalue weighted by molar-refractivity contribution is 6.07. The van der Waals surface area contributed by atoms with Crippen molar-refractivity contribution >= 4 is 45.1 Å². The number of benzene rings is 4. The summed E-state index contributed by atoms with van der Waals surface area (Å²) < 4.78 is 0. The van der Waals surface area contributed by atoms with Crippen molar-refractivity contribution in [3.63, 3.8) is 0 Å². The van der Waals surface area contributed by atoms with Crippen LogP contribution in [0.4, 0.5) is 11.4 Å². The van der Waals surface area contributed by atoms with Crippen LogP contribution >= 0.6 is 0 Å². The van der Waals surface area contributed by atoms with Gasteiger partial charge in [-0.2, -0.15) is 0 Å². The van der Waals surface area contributed by atoms with Gasteiger partial charge in [0.15, 0.2) is 0 Å². The number of carboxylic acids is 1. The first-order valence-corrected chi connectivity index (χ1v) is 14.4. The molecule has 0 unspecified atom stereocenters. The van der Waals surface area contributed by atoms with E-state index in [1.165, 1.54) is 5.69 Å². The lowest BCUT2D eigenvalue weighted by atomic mass is 10.0. The third-order valence-electron chi connectivity index (χ3n) is 8.53. The number of aromatic amines is 2.